The van der Waals surface area contributed by atoms with Gasteiger partial charge in [-0.1, -0.05) is 0 Å². The van der Waals surface area contributed by atoms with Crippen molar-refractivity contribution in [2.45, 2.75) is 32.7 Å². The number of rotatable bonds is 2. The van der Waals surface area contributed by atoms with Crippen LogP contribution in [0.15, 0.2) is 17.1 Å². The van der Waals surface area contributed by atoms with E-state index < -0.39 is 0 Å². The third kappa shape index (κ3) is 2.11. The van der Waals surface area contributed by atoms with E-state index in [1.807, 2.05) is 6.92 Å². The van der Waals surface area contributed by atoms with Gasteiger partial charge in [-0.25, -0.2) is 9.97 Å². The molecule has 3 heterocycles. The van der Waals surface area contributed by atoms with Crippen LogP contribution in [0.4, 0.5) is 5.95 Å². The molecular weight excluding hydrogens is 256 g/mol. The molecule has 1 aliphatic rings. The summed E-state index contributed by atoms with van der Waals surface area (Å²) in [7, 11) is 0. The number of nitrogens with zero attached hydrogens (tertiary/aromatic N) is 4. The number of aromatic hydroxyl groups is 1. The van der Waals surface area contributed by atoms with Gasteiger partial charge >= 0.3 is 0 Å². The van der Waals surface area contributed by atoms with Crippen molar-refractivity contribution in [3.63, 3.8) is 0 Å². The van der Waals surface area contributed by atoms with Gasteiger partial charge in [-0.3, -0.25) is 9.36 Å². The lowest BCUT2D eigenvalue weighted by atomic mass is 10.1. The van der Waals surface area contributed by atoms with Gasteiger partial charge in [-0.2, -0.15) is 0 Å². The molecule has 0 aromatic carbocycles. The highest BCUT2D eigenvalue weighted by atomic mass is 16.3. The van der Waals surface area contributed by atoms with E-state index in [9.17, 15) is 9.90 Å². The largest absolute Gasteiger partial charge is 0.494 e. The van der Waals surface area contributed by atoms with Gasteiger partial charge in [-0.15, -0.1) is 0 Å². The highest BCUT2D eigenvalue weighted by Crippen LogP contribution is 2.19. The normalized spacial score (nSPS) is 15.8. The Balaban J connectivity index is 2.09. The number of aromatic nitrogens is 3. The maximum Gasteiger partial charge on any atom is 0.264 e. The molecule has 1 fully saturated rings. The first-order valence-corrected chi connectivity index (χ1v) is 7.05. The fourth-order valence-electron chi connectivity index (χ4n) is 2.66. The van der Waals surface area contributed by atoms with Crippen LogP contribution < -0.4 is 10.5 Å². The van der Waals surface area contributed by atoms with E-state index in [0.717, 1.165) is 25.9 Å². The van der Waals surface area contributed by atoms with Crippen LogP contribution >= 0.6 is 0 Å². The Morgan fingerprint density at radius 1 is 1.30 bits per heavy atom. The second-order valence-electron chi connectivity index (χ2n) is 5.07. The van der Waals surface area contributed by atoms with Crippen LogP contribution in [0.3, 0.4) is 0 Å². The second kappa shape index (κ2) is 5.11. The highest BCUT2D eigenvalue weighted by molar-refractivity contribution is 5.78. The topological polar surface area (TPSA) is 71.2 Å². The van der Waals surface area contributed by atoms with Crippen molar-refractivity contribution in [1.82, 2.24) is 14.5 Å². The predicted octanol–water partition coefficient (Wildman–Crippen LogP) is 1.51. The lowest BCUT2D eigenvalue weighted by molar-refractivity contribution is 0.413. The molecule has 0 spiro atoms. The van der Waals surface area contributed by atoms with Crippen molar-refractivity contribution in [3.8, 4) is 5.88 Å². The van der Waals surface area contributed by atoms with Crippen molar-refractivity contribution in [2.24, 2.45) is 0 Å². The van der Waals surface area contributed by atoms with Crippen LogP contribution in [0, 0.1) is 0 Å². The van der Waals surface area contributed by atoms with E-state index >= 15 is 0 Å². The number of fused-ring (bicyclic) bond motifs is 1. The minimum Gasteiger partial charge on any atom is -0.494 e. The van der Waals surface area contributed by atoms with Crippen LogP contribution in [0.5, 0.6) is 5.88 Å². The summed E-state index contributed by atoms with van der Waals surface area (Å²) in [6.45, 7) is 4.14. The Kier molecular flexibility index (Phi) is 3.30. The number of anilines is 1. The summed E-state index contributed by atoms with van der Waals surface area (Å²) < 4.78 is 1.31. The summed E-state index contributed by atoms with van der Waals surface area (Å²) >= 11 is 0. The number of pyridine rings is 1. The molecule has 20 heavy (non-hydrogen) atoms. The summed E-state index contributed by atoms with van der Waals surface area (Å²) in [5, 5.41) is 10.3. The molecule has 0 aliphatic carbocycles. The van der Waals surface area contributed by atoms with Crippen LogP contribution in [0.25, 0.3) is 10.9 Å². The zero-order valence-electron chi connectivity index (χ0n) is 11.5. The molecule has 2 aromatic rings. The van der Waals surface area contributed by atoms with Gasteiger partial charge in [0.25, 0.3) is 5.56 Å². The van der Waals surface area contributed by atoms with E-state index in [-0.39, 0.29) is 11.4 Å². The molecule has 0 amide bonds. The van der Waals surface area contributed by atoms with Gasteiger partial charge < -0.3 is 10.0 Å². The SMILES string of the molecule is CCn1c(O)cc2nc(N3CCCCC3)ncc2c1=O. The summed E-state index contributed by atoms with van der Waals surface area (Å²) in [5.41, 5.74) is 0.264. The Morgan fingerprint density at radius 2 is 2.05 bits per heavy atom. The van der Waals surface area contributed by atoms with Gasteiger partial charge in [0.1, 0.15) is 0 Å². The number of piperidine rings is 1. The average molecular weight is 274 g/mol. The molecule has 6 nitrogen and oxygen atoms in total. The first-order valence-electron chi connectivity index (χ1n) is 7.05. The maximum atomic E-state index is 12.2. The quantitative estimate of drug-likeness (QED) is 0.898. The lowest BCUT2D eigenvalue weighted by Gasteiger charge is -2.26. The molecule has 1 N–H and O–H groups in total. The molecule has 2 aromatic heterocycles. The fraction of sp³-hybridized carbons (Fsp3) is 0.500. The molecule has 0 bridgehead atoms. The molecule has 3 rings (SSSR count). The molecule has 6 heteroatoms. The van der Waals surface area contributed by atoms with Crippen LogP contribution in [-0.2, 0) is 6.54 Å². The van der Waals surface area contributed by atoms with Crippen molar-refractivity contribution in [2.75, 3.05) is 18.0 Å². The highest BCUT2D eigenvalue weighted by Gasteiger charge is 2.15. The van der Waals surface area contributed by atoms with Crippen molar-refractivity contribution >= 4 is 16.9 Å². The van der Waals surface area contributed by atoms with Gasteiger partial charge in [0.05, 0.1) is 10.9 Å². The second-order valence-corrected chi connectivity index (χ2v) is 5.07. The summed E-state index contributed by atoms with van der Waals surface area (Å²) in [6, 6.07) is 1.54. The first-order chi connectivity index (χ1) is 9.70. The summed E-state index contributed by atoms with van der Waals surface area (Å²) in [5.74, 6) is 0.596. The molecule has 0 saturated carbocycles. The first kappa shape index (κ1) is 12.9. The molecule has 0 unspecified atom stereocenters. The van der Waals surface area contributed by atoms with Gasteiger partial charge in [0.2, 0.25) is 5.95 Å². The van der Waals surface area contributed by atoms with E-state index in [0.29, 0.717) is 23.4 Å². The van der Waals surface area contributed by atoms with E-state index in [2.05, 4.69) is 14.9 Å². The Morgan fingerprint density at radius 3 is 2.75 bits per heavy atom. The van der Waals surface area contributed by atoms with Crippen LogP contribution in [-0.4, -0.2) is 32.7 Å². The third-order valence-corrected chi connectivity index (χ3v) is 3.78. The van der Waals surface area contributed by atoms with E-state index in [1.165, 1.54) is 17.1 Å². The fourth-order valence-corrected chi connectivity index (χ4v) is 2.66. The monoisotopic (exact) mass is 274 g/mol. The van der Waals surface area contributed by atoms with Crippen LogP contribution in [0.1, 0.15) is 26.2 Å². The number of hydrogen-bond donors (Lipinski definition) is 1. The molecule has 106 valence electrons. The molecule has 1 saturated heterocycles. The van der Waals surface area contributed by atoms with Gasteiger partial charge in [0, 0.05) is 31.9 Å². The molecule has 1 aliphatic heterocycles. The Hall–Kier alpha value is -2.11. The molecular formula is C14H18N4O2. The smallest absolute Gasteiger partial charge is 0.264 e. The maximum absolute atomic E-state index is 12.2. The Labute approximate surface area is 116 Å². The zero-order valence-corrected chi connectivity index (χ0v) is 11.5. The summed E-state index contributed by atoms with van der Waals surface area (Å²) in [4.78, 5) is 23.1. The van der Waals surface area contributed by atoms with Crippen LogP contribution in [0.2, 0.25) is 0 Å². The third-order valence-electron chi connectivity index (χ3n) is 3.78. The minimum atomic E-state index is -0.243. The Bertz CT molecular complexity index is 689. The van der Waals surface area contributed by atoms with Crippen molar-refractivity contribution in [3.05, 3.63) is 22.6 Å². The van der Waals surface area contributed by atoms with Crippen molar-refractivity contribution in [1.29, 1.82) is 0 Å². The van der Waals surface area contributed by atoms with E-state index in [4.69, 9.17) is 0 Å². The van der Waals surface area contributed by atoms with Crippen molar-refractivity contribution < 1.29 is 5.11 Å². The zero-order chi connectivity index (χ0) is 14.1. The lowest BCUT2D eigenvalue weighted by Crippen LogP contribution is -2.31. The standard InChI is InChI=1S/C14H18N4O2/c1-2-18-12(19)8-11-10(13(18)20)9-15-14(16-11)17-6-4-3-5-7-17/h8-9,19H,2-7H2,1H3. The van der Waals surface area contributed by atoms with Gasteiger partial charge in [0.15, 0.2) is 5.88 Å². The average Bonchev–Trinajstić information content (AvgIpc) is 2.48. The number of hydrogen-bond acceptors (Lipinski definition) is 5. The van der Waals surface area contributed by atoms with Gasteiger partial charge in [-0.05, 0) is 26.2 Å². The summed E-state index contributed by atoms with van der Waals surface area (Å²) in [6.07, 6.45) is 5.10. The van der Waals surface area contributed by atoms with E-state index in [1.54, 1.807) is 6.20 Å². The minimum absolute atomic E-state index is 0.0479. The molecule has 0 atom stereocenters. The molecule has 0 radical (unpaired) electrons. The predicted molar refractivity (Wildman–Crippen MR) is 77.2 cm³/mol.